The molecule has 1 aliphatic carbocycles. The molecule has 0 radical (unpaired) electrons. The first-order chi connectivity index (χ1) is 7.87. The van der Waals surface area contributed by atoms with Gasteiger partial charge in [0.05, 0.1) is 5.75 Å². The Hall–Kier alpha value is -0.780. The molecule has 1 aliphatic rings. The zero-order valence-corrected chi connectivity index (χ0v) is 11.3. The number of amides is 2. The summed E-state index contributed by atoms with van der Waals surface area (Å²) < 4.78 is 22.1. The second-order valence-electron chi connectivity index (χ2n) is 4.95. The van der Waals surface area contributed by atoms with Crippen LogP contribution in [0.2, 0.25) is 0 Å². The number of hydrogen-bond acceptors (Lipinski definition) is 3. The van der Waals surface area contributed by atoms with Crippen molar-refractivity contribution in [3.63, 3.8) is 0 Å². The van der Waals surface area contributed by atoms with Crippen molar-refractivity contribution in [2.75, 3.05) is 12.0 Å². The second-order valence-corrected chi connectivity index (χ2v) is 7.13. The summed E-state index contributed by atoms with van der Waals surface area (Å²) >= 11 is 0. The Morgan fingerprint density at radius 3 is 2.41 bits per heavy atom. The Balaban J connectivity index is 2.28. The molecule has 0 saturated heterocycles. The predicted octanol–water partition coefficient (Wildman–Crippen LogP) is 1.05. The normalized spacial score (nSPS) is 19.6. The standard InChI is InChI=1S/C11H22N2O3S/c1-9(8-17(2,15)16)12-11(14)13-10-6-4-3-5-7-10/h9-10H,3-8H2,1-2H3,(H2,12,13,14). The molecule has 0 bridgehead atoms. The van der Waals surface area contributed by atoms with Gasteiger partial charge in [0.1, 0.15) is 9.84 Å². The van der Waals surface area contributed by atoms with Crippen LogP contribution in [0.4, 0.5) is 4.79 Å². The molecule has 1 fully saturated rings. The van der Waals surface area contributed by atoms with Crippen LogP contribution in [0.3, 0.4) is 0 Å². The van der Waals surface area contributed by atoms with E-state index in [1.165, 1.54) is 12.7 Å². The van der Waals surface area contributed by atoms with Gasteiger partial charge in [-0.2, -0.15) is 0 Å². The van der Waals surface area contributed by atoms with Gasteiger partial charge in [0.2, 0.25) is 0 Å². The van der Waals surface area contributed by atoms with E-state index in [9.17, 15) is 13.2 Å². The Kier molecular flexibility index (Phi) is 5.24. The van der Waals surface area contributed by atoms with Gasteiger partial charge in [-0.1, -0.05) is 19.3 Å². The number of sulfone groups is 1. The SMILES string of the molecule is CC(CS(C)(=O)=O)NC(=O)NC1CCCCC1. The third-order valence-electron chi connectivity index (χ3n) is 2.87. The number of rotatable bonds is 4. The van der Waals surface area contributed by atoms with Gasteiger partial charge in [-0.05, 0) is 19.8 Å². The average molecular weight is 262 g/mol. The van der Waals surface area contributed by atoms with Crippen molar-refractivity contribution >= 4 is 15.9 Å². The minimum Gasteiger partial charge on any atom is -0.335 e. The highest BCUT2D eigenvalue weighted by atomic mass is 32.2. The topological polar surface area (TPSA) is 75.3 Å². The Labute approximate surface area is 103 Å². The molecular weight excluding hydrogens is 240 g/mol. The molecule has 1 rings (SSSR count). The lowest BCUT2D eigenvalue weighted by Gasteiger charge is -2.24. The van der Waals surface area contributed by atoms with E-state index >= 15 is 0 Å². The van der Waals surface area contributed by atoms with Gasteiger partial charge in [0.25, 0.3) is 0 Å². The molecule has 6 heteroatoms. The molecule has 0 aromatic carbocycles. The highest BCUT2D eigenvalue weighted by molar-refractivity contribution is 7.90. The lowest BCUT2D eigenvalue weighted by Crippen LogP contribution is -2.47. The molecule has 0 aromatic rings. The second kappa shape index (κ2) is 6.23. The average Bonchev–Trinajstić information content (AvgIpc) is 2.15. The van der Waals surface area contributed by atoms with Crippen LogP contribution in [0.15, 0.2) is 0 Å². The first-order valence-corrected chi connectivity index (χ1v) is 8.17. The fourth-order valence-electron chi connectivity index (χ4n) is 2.19. The summed E-state index contributed by atoms with van der Waals surface area (Å²) in [5, 5.41) is 5.55. The van der Waals surface area contributed by atoms with Crippen molar-refractivity contribution in [2.45, 2.75) is 51.1 Å². The minimum absolute atomic E-state index is 0.0227. The number of carbonyl (C=O) groups excluding carboxylic acids is 1. The maximum Gasteiger partial charge on any atom is 0.315 e. The number of nitrogens with one attached hydrogen (secondary N) is 2. The summed E-state index contributed by atoms with van der Waals surface area (Å²) in [6.45, 7) is 1.70. The third kappa shape index (κ3) is 6.51. The van der Waals surface area contributed by atoms with Crippen LogP contribution in [0.25, 0.3) is 0 Å². The molecular formula is C11H22N2O3S. The van der Waals surface area contributed by atoms with Crippen molar-refractivity contribution in [3.05, 3.63) is 0 Å². The molecule has 17 heavy (non-hydrogen) atoms. The molecule has 2 N–H and O–H groups in total. The predicted molar refractivity (Wildman–Crippen MR) is 67.7 cm³/mol. The fraction of sp³-hybridized carbons (Fsp3) is 0.909. The largest absolute Gasteiger partial charge is 0.335 e. The van der Waals surface area contributed by atoms with Crippen LogP contribution < -0.4 is 10.6 Å². The summed E-state index contributed by atoms with van der Waals surface area (Å²) in [5.41, 5.74) is 0. The summed E-state index contributed by atoms with van der Waals surface area (Å²) in [7, 11) is -3.04. The highest BCUT2D eigenvalue weighted by Crippen LogP contribution is 2.17. The molecule has 100 valence electrons. The van der Waals surface area contributed by atoms with Gasteiger partial charge in [-0.25, -0.2) is 13.2 Å². The molecule has 2 amide bonds. The first-order valence-electron chi connectivity index (χ1n) is 6.11. The van der Waals surface area contributed by atoms with Gasteiger partial charge in [0, 0.05) is 18.3 Å². The summed E-state index contributed by atoms with van der Waals surface area (Å²) in [6.07, 6.45) is 6.77. The Bertz CT molecular complexity index is 348. The van der Waals surface area contributed by atoms with E-state index in [-0.39, 0.29) is 23.9 Å². The first kappa shape index (κ1) is 14.3. The van der Waals surface area contributed by atoms with Gasteiger partial charge in [0.15, 0.2) is 0 Å². The molecule has 1 unspecified atom stereocenters. The third-order valence-corrected chi connectivity index (χ3v) is 3.98. The fourth-order valence-corrected chi connectivity index (χ4v) is 3.19. The van der Waals surface area contributed by atoms with Crippen molar-refractivity contribution in [1.82, 2.24) is 10.6 Å². The van der Waals surface area contributed by atoms with Crippen LogP contribution >= 0.6 is 0 Å². The van der Waals surface area contributed by atoms with Crippen LogP contribution in [-0.2, 0) is 9.84 Å². The van der Waals surface area contributed by atoms with E-state index < -0.39 is 9.84 Å². The van der Waals surface area contributed by atoms with Crippen molar-refractivity contribution < 1.29 is 13.2 Å². The quantitative estimate of drug-likeness (QED) is 0.795. The molecule has 0 heterocycles. The van der Waals surface area contributed by atoms with Crippen LogP contribution in [0.1, 0.15) is 39.0 Å². The van der Waals surface area contributed by atoms with Crippen molar-refractivity contribution in [3.8, 4) is 0 Å². The zero-order chi connectivity index (χ0) is 12.9. The van der Waals surface area contributed by atoms with E-state index in [0.717, 1.165) is 25.7 Å². The Morgan fingerprint density at radius 1 is 1.29 bits per heavy atom. The van der Waals surface area contributed by atoms with E-state index in [2.05, 4.69) is 10.6 Å². The monoisotopic (exact) mass is 262 g/mol. The summed E-state index contributed by atoms with van der Waals surface area (Å²) in [5.74, 6) is -0.0227. The number of hydrogen-bond donors (Lipinski definition) is 2. The van der Waals surface area contributed by atoms with Gasteiger partial charge < -0.3 is 10.6 Å². The molecule has 1 atom stereocenters. The number of urea groups is 1. The van der Waals surface area contributed by atoms with Gasteiger partial charge in [-0.3, -0.25) is 0 Å². The maximum atomic E-state index is 11.6. The van der Waals surface area contributed by atoms with E-state index in [1.807, 2.05) is 0 Å². The highest BCUT2D eigenvalue weighted by Gasteiger charge is 2.17. The lowest BCUT2D eigenvalue weighted by atomic mass is 9.96. The van der Waals surface area contributed by atoms with Crippen LogP contribution in [0.5, 0.6) is 0 Å². The molecule has 0 aromatic heterocycles. The molecule has 5 nitrogen and oxygen atoms in total. The zero-order valence-electron chi connectivity index (χ0n) is 10.5. The summed E-state index contributed by atoms with van der Waals surface area (Å²) in [6, 6.07) is -0.365. The lowest BCUT2D eigenvalue weighted by molar-refractivity contribution is 0.230. The maximum absolute atomic E-state index is 11.6. The smallest absolute Gasteiger partial charge is 0.315 e. The molecule has 0 spiro atoms. The van der Waals surface area contributed by atoms with Crippen molar-refractivity contribution in [2.24, 2.45) is 0 Å². The van der Waals surface area contributed by atoms with Crippen molar-refractivity contribution in [1.29, 1.82) is 0 Å². The minimum atomic E-state index is -3.04. The number of carbonyl (C=O) groups is 1. The van der Waals surface area contributed by atoms with E-state index in [4.69, 9.17) is 0 Å². The molecule has 1 saturated carbocycles. The molecule has 0 aliphatic heterocycles. The van der Waals surface area contributed by atoms with Gasteiger partial charge in [-0.15, -0.1) is 0 Å². The summed E-state index contributed by atoms with van der Waals surface area (Å²) in [4.78, 5) is 11.6. The van der Waals surface area contributed by atoms with E-state index in [0.29, 0.717) is 0 Å². The van der Waals surface area contributed by atoms with E-state index in [1.54, 1.807) is 6.92 Å². The van der Waals surface area contributed by atoms with Crippen LogP contribution in [-0.4, -0.2) is 38.5 Å². The van der Waals surface area contributed by atoms with Crippen LogP contribution in [0, 0.1) is 0 Å². The van der Waals surface area contributed by atoms with Gasteiger partial charge >= 0.3 is 6.03 Å². The Morgan fingerprint density at radius 2 is 1.88 bits per heavy atom.